The fraction of sp³-hybridized carbons (Fsp3) is 0.176. The first kappa shape index (κ1) is 15.0. The minimum absolute atomic E-state index is 0.0346. The van der Waals surface area contributed by atoms with Crippen molar-refractivity contribution in [2.45, 2.75) is 6.42 Å². The zero-order chi connectivity index (χ0) is 16.4. The van der Waals surface area contributed by atoms with E-state index < -0.39 is 5.82 Å². The number of benzene rings is 2. The van der Waals surface area contributed by atoms with Gasteiger partial charge in [0.25, 0.3) is 11.8 Å². The number of imide groups is 1. The lowest BCUT2D eigenvalue weighted by atomic mass is 10.1. The van der Waals surface area contributed by atoms with Crippen LogP contribution in [0.25, 0.3) is 0 Å². The lowest BCUT2D eigenvalue weighted by Gasteiger charge is -2.14. The van der Waals surface area contributed by atoms with Gasteiger partial charge in [-0.25, -0.2) is 4.39 Å². The van der Waals surface area contributed by atoms with E-state index in [4.69, 9.17) is 4.74 Å². The Hall–Kier alpha value is -2.89. The molecule has 3 rings (SSSR count). The second kappa shape index (κ2) is 6.08. The van der Waals surface area contributed by atoms with Gasteiger partial charge in [-0.3, -0.25) is 14.5 Å². The summed E-state index contributed by atoms with van der Waals surface area (Å²) < 4.78 is 18.4. The average molecular weight is 315 g/mol. The Balaban J connectivity index is 1.57. The summed E-state index contributed by atoms with van der Waals surface area (Å²) >= 11 is 0. The van der Waals surface area contributed by atoms with Gasteiger partial charge >= 0.3 is 0 Å². The Kier molecular flexibility index (Phi) is 3.97. The number of phenolic OH excluding ortho intramolecular Hbond substituents is 1. The van der Waals surface area contributed by atoms with Gasteiger partial charge in [0.15, 0.2) is 11.5 Å². The molecule has 2 aromatic rings. The molecular formula is C17H14FNO4. The Bertz CT molecular complexity index is 740. The van der Waals surface area contributed by atoms with Crippen molar-refractivity contribution in [1.82, 2.24) is 4.90 Å². The molecule has 1 N–H and O–H groups in total. The van der Waals surface area contributed by atoms with E-state index >= 15 is 0 Å². The van der Waals surface area contributed by atoms with Crippen LogP contribution in [0, 0.1) is 5.82 Å². The first-order chi connectivity index (χ1) is 11.1. The normalized spacial score (nSPS) is 13.3. The maximum Gasteiger partial charge on any atom is 0.261 e. The van der Waals surface area contributed by atoms with Crippen molar-refractivity contribution in [2.24, 2.45) is 0 Å². The molecule has 0 radical (unpaired) electrons. The highest BCUT2D eigenvalue weighted by atomic mass is 19.1. The number of carbonyl (C=O) groups excluding carboxylic acids is 2. The van der Waals surface area contributed by atoms with Crippen molar-refractivity contribution in [3.05, 3.63) is 59.4 Å². The van der Waals surface area contributed by atoms with Crippen molar-refractivity contribution in [3.8, 4) is 11.5 Å². The molecular weight excluding hydrogens is 301 g/mol. The van der Waals surface area contributed by atoms with E-state index in [1.54, 1.807) is 24.3 Å². The quantitative estimate of drug-likeness (QED) is 0.680. The van der Waals surface area contributed by atoms with Crippen LogP contribution < -0.4 is 4.74 Å². The minimum atomic E-state index is -0.516. The van der Waals surface area contributed by atoms with Gasteiger partial charge in [-0.1, -0.05) is 12.1 Å². The number of aromatic hydroxyl groups is 1. The predicted molar refractivity (Wildman–Crippen MR) is 80.0 cm³/mol. The monoisotopic (exact) mass is 315 g/mol. The summed E-state index contributed by atoms with van der Waals surface area (Å²) in [5, 5.41) is 9.54. The zero-order valence-corrected chi connectivity index (χ0v) is 12.2. The molecule has 0 bridgehead atoms. The van der Waals surface area contributed by atoms with Crippen molar-refractivity contribution >= 4 is 11.8 Å². The maximum atomic E-state index is 13.1. The molecule has 1 aliphatic heterocycles. The van der Waals surface area contributed by atoms with Gasteiger partial charge in [-0.05, 0) is 30.7 Å². The summed E-state index contributed by atoms with van der Waals surface area (Å²) in [5.41, 5.74) is 0.808. The molecule has 2 amide bonds. The van der Waals surface area contributed by atoms with E-state index in [1.807, 2.05) is 0 Å². The fourth-order valence-corrected chi connectivity index (χ4v) is 2.45. The first-order valence-electron chi connectivity index (χ1n) is 7.14. The van der Waals surface area contributed by atoms with Crippen LogP contribution in [0.4, 0.5) is 4.39 Å². The fourth-order valence-electron chi connectivity index (χ4n) is 2.45. The van der Waals surface area contributed by atoms with E-state index in [2.05, 4.69) is 0 Å². The first-order valence-corrected chi connectivity index (χ1v) is 7.14. The number of hydrogen-bond acceptors (Lipinski definition) is 4. The summed E-state index contributed by atoms with van der Waals surface area (Å²) in [6, 6.07) is 10.1. The minimum Gasteiger partial charge on any atom is -0.504 e. The van der Waals surface area contributed by atoms with Crippen molar-refractivity contribution in [1.29, 1.82) is 0 Å². The molecule has 0 aliphatic carbocycles. The van der Waals surface area contributed by atoms with Crippen LogP contribution in [0.3, 0.4) is 0 Å². The number of phenols is 1. The van der Waals surface area contributed by atoms with Crippen LogP contribution in [0.1, 0.15) is 27.1 Å². The summed E-state index contributed by atoms with van der Waals surface area (Å²) in [6.45, 7) is 0.340. The third kappa shape index (κ3) is 2.88. The second-order valence-electron chi connectivity index (χ2n) is 5.12. The van der Waals surface area contributed by atoms with Gasteiger partial charge in [0.2, 0.25) is 0 Å². The number of amides is 2. The van der Waals surface area contributed by atoms with E-state index in [0.717, 1.165) is 12.1 Å². The summed E-state index contributed by atoms with van der Waals surface area (Å²) in [7, 11) is 0. The number of carbonyl (C=O) groups is 2. The predicted octanol–water partition coefficient (Wildman–Crippen LogP) is 2.60. The molecule has 1 aliphatic rings. The maximum absolute atomic E-state index is 13.1. The van der Waals surface area contributed by atoms with Gasteiger partial charge in [-0.15, -0.1) is 0 Å². The molecule has 0 fully saturated rings. The summed E-state index contributed by atoms with van der Waals surface area (Å²) in [5.74, 6) is -1.28. The molecule has 0 saturated carbocycles. The van der Waals surface area contributed by atoms with Gasteiger partial charge < -0.3 is 9.84 Å². The third-order valence-electron chi connectivity index (χ3n) is 3.58. The van der Waals surface area contributed by atoms with E-state index in [0.29, 0.717) is 17.5 Å². The Labute approximate surface area is 131 Å². The molecule has 2 aromatic carbocycles. The molecule has 0 aromatic heterocycles. The lowest BCUT2D eigenvalue weighted by molar-refractivity contribution is 0.0646. The Morgan fingerprint density at radius 1 is 1.04 bits per heavy atom. The number of hydrogen-bond donors (Lipinski definition) is 1. The zero-order valence-electron chi connectivity index (χ0n) is 12.2. The molecule has 5 nitrogen and oxygen atoms in total. The van der Waals surface area contributed by atoms with Crippen LogP contribution in [-0.2, 0) is 0 Å². The highest BCUT2D eigenvalue weighted by molar-refractivity contribution is 6.21. The number of halogens is 1. The van der Waals surface area contributed by atoms with E-state index in [-0.39, 0.29) is 36.5 Å². The summed E-state index contributed by atoms with van der Waals surface area (Å²) in [4.78, 5) is 25.5. The van der Waals surface area contributed by atoms with Crippen LogP contribution >= 0.6 is 0 Å². The van der Waals surface area contributed by atoms with E-state index in [9.17, 15) is 19.1 Å². The molecule has 0 spiro atoms. The molecule has 6 heteroatoms. The highest BCUT2D eigenvalue weighted by Crippen LogP contribution is 2.26. The molecule has 118 valence electrons. The van der Waals surface area contributed by atoms with Crippen molar-refractivity contribution < 1.29 is 23.8 Å². The molecule has 23 heavy (non-hydrogen) atoms. The Morgan fingerprint density at radius 3 is 2.35 bits per heavy atom. The van der Waals surface area contributed by atoms with Gasteiger partial charge in [0.05, 0.1) is 17.7 Å². The lowest BCUT2D eigenvalue weighted by Crippen LogP contribution is -2.31. The topological polar surface area (TPSA) is 66.8 Å². The van der Waals surface area contributed by atoms with Crippen LogP contribution in [-0.4, -0.2) is 35.0 Å². The average Bonchev–Trinajstić information content (AvgIpc) is 2.79. The molecule has 0 unspecified atom stereocenters. The molecule has 0 saturated heterocycles. The van der Waals surface area contributed by atoms with Crippen molar-refractivity contribution in [3.63, 3.8) is 0 Å². The van der Waals surface area contributed by atoms with Crippen molar-refractivity contribution in [2.75, 3.05) is 13.2 Å². The summed E-state index contributed by atoms with van der Waals surface area (Å²) in [6.07, 6.45) is 0.376. The number of ether oxygens (including phenoxy) is 1. The SMILES string of the molecule is O=C1c2ccccc2C(=O)N1CCCOc1cc(F)ccc1O. The Morgan fingerprint density at radius 2 is 1.70 bits per heavy atom. The number of nitrogens with zero attached hydrogens (tertiary/aromatic N) is 1. The standard InChI is InChI=1S/C17H14FNO4/c18-11-6-7-14(20)15(10-11)23-9-3-8-19-16(21)12-4-1-2-5-13(12)17(19)22/h1-2,4-7,10,20H,3,8-9H2. The second-order valence-corrected chi connectivity index (χ2v) is 5.12. The largest absolute Gasteiger partial charge is 0.504 e. The third-order valence-corrected chi connectivity index (χ3v) is 3.58. The number of rotatable bonds is 5. The van der Waals surface area contributed by atoms with Gasteiger partial charge in [0, 0.05) is 12.6 Å². The van der Waals surface area contributed by atoms with Crippen LogP contribution in [0.2, 0.25) is 0 Å². The van der Waals surface area contributed by atoms with Crippen LogP contribution in [0.5, 0.6) is 11.5 Å². The van der Waals surface area contributed by atoms with Gasteiger partial charge in [-0.2, -0.15) is 0 Å². The number of fused-ring (bicyclic) bond motifs is 1. The van der Waals surface area contributed by atoms with E-state index in [1.165, 1.54) is 11.0 Å². The highest BCUT2D eigenvalue weighted by Gasteiger charge is 2.34. The molecule has 1 heterocycles. The van der Waals surface area contributed by atoms with Crippen LogP contribution in [0.15, 0.2) is 42.5 Å². The molecule has 0 atom stereocenters. The smallest absolute Gasteiger partial charge is 0.261 e. The van der Waals surface area contributed by atoms with Gasteiger partial charge in [0.1, 0.15) is 5.82 Å².